The highest BCUT2D eigenvalue weighted by atomic mass is 31.2. The van der Waals surface area contributed by atoms with Gasteiger partial charge in [0.1, 0.15) is 18.1 Å². The number of hydrogen-bond donors (Lipinski definition) is 10. The van der Waals surface area contributed by atoms with Crippen molar-refractivity contribution in [3.8, 4) is 11.8 Å². The van der Waals surface area contributed by atoms with Crippen LogP contribution in [0.4, 0.5) is 5.69 Å². The van der Waals surface area contributed by atoms with E-state index in [-0.39, 0.29) is 155 Å². The predicted octanol–water partition coefficient (Wildman–Crippen LogP) is 4.49. The van der Waals surface area contributed by atoms with Crippen molar-refractivity contribution >= 4 is 72.5 Å². The third-order valence-corrected chi connectivity index (χ3v) is 15.6. The minimum atomic E-state index is -3.58. The molecule has 1 heterocycles. The van der Waals surface area contributed by atoms with E-state index in [1.807, 2.05) is 79.7 Å². The molecule has 27 nitrogen and oxygen atoms in total. The first-order valence-corrected chi connectivity index (χ1v) is 34.9. The Labute approximate surface area is 561 Å². The molecule has 10 N–H and O–H groups in total. The van der Waals surface area contributed by atoms with Crippen molar-refractivity contribution in [3.05, 3.63) is 101 Å². The lowest BCUT2D eigenvalue weighted by molar-refractivity contribution is -0.143. The zero-order chi connectivity index (χ0) is 69.8. The van der Waals surface area contributed by atoms with E-state index in [1.54, 1.807) is 4.90 Å². The number of amides is 8. The molecule has 0 spiro atoms. The van der Waals surface area contributed by atoms with Crippen LogP contribution in [0.15, 0.2) is 72.8 Å². The summed E-state index contributed by atoms with van der Waals surface area (Å²) in [7, 11) is -3.58. The Hall–Kier alpha value is -8.09. The van der Waals surface area contributed by atoms with Gasteiger partial charge in [-0.3, -0.25) is 42.9 Å². The molecule has 8 amide bonds. The van der Waals surface area contributed by atoms with Crippen molar-refractivity contribution in [1.29, 1.82) is 0 Å². The smallest absolute Gasteiger partial charge is 0.326 e. The number of benzene rings is 3. The van der Waals surface area contributed by atoms with E-state index in [0.29, 0.717) is 76.6 Å². The number of nitrogens with zero attached hydrogens (tertiary/aromatic N) is 1. The summed E-state index contributed by atoms with van der Waals surface area (Å²) >= 11 is 0. The number of fused-ring (bicyclic) bond motifs is 2. The maximum Gasteiger partial charge on any atom is 0.326 e. The fourth-order valence-electron chi connectivity index (χ4n) is 9.66. The highest BCUT2D eigenvalue weighted by molar-refractivity contribution is 7.51. The topological polar surface area (TPSA) is 382 Å². The second kappa shape index (κ2) is 46.9. The number of aliphatic carboxylic acids is 2. The highest BCUT2D eigenvalue weighted by Gasteiger charge is 2.28. The van der Waals surface area contributed by atoms with Crippen molar-refractivity contribution in [2.45, 2.75) is 154 Å². The van der Waals surface area contributed by atoms with Gasteiger partial charge in [-0.05, 0) is 107 Å². The number of ether oxygens (including phenoxy) is 4. The first-order valence-electron chi connectivity index (χ1n) is 32.9. The first kappa shape index (κ1) is 80.3. The summed E-state index contributed by atoms with van der Waals surface area (Å²) in [5.74, 6) is 0.381. The zero-order valence-corrected chi connectivity index (χ0v) is 56.2. The largest absolute Gasteiger partial charge is 0.480 e. The van der Waals surface area contributed by atoms with E-state index in [0.717, 1.165) is 40.9 Å². The van der Waals surface area contributed by atoms with Crippen LogP contribution in [0.3, 0.4) is 0 Å². The molecule has 1 aliphatic rings. The van der Waals surface area contributed by atoms with Crippen LogP contribution in [0.1, 0.15) is 143 Å². The van der Waals surface area contributed by atoms with Gasteiger partial charge in [-0.25, -0.2) is 9.59 Å². The van der Waals surface area contributed by atoms with Gasteiger partial charge in [0.05, 0.1) is 71.7 Å². The van der Waals surface area contributed by atoms with Gasteiger partial charge in [0.15, 0.2) is 0 Å². The molecule has 0 radical (unpaired) electrons. The van der Waals surface area contributed by atoms with Crippen LogP contribution in [-0.2, 0) is 88.9 Å². The van der Waals surface area contributed by atoms with Gasteiger partial charge in [0, 0.05) is 88.9 Å². The van der Waals surface area contributed by atoms with Crippen molar-refractivity contribution in [1.82, 2.24) is 37.2 Å². The lowest BCUT2D eigenvalue weighted by Crippen LogP contribution is -2.52. The van der Waals surface area contributed by atoms with E-state index in [9.17, 15) is 62.7 Å². The monoisotopic (exact) mass is 1360 g/mol. The van der Waals surface area contributed by atoms with E-state index in [4.69, 9.17) is 28.4 Å². The van der Waals surface area contributed by atoms with Crippen LogP contribution < -0.4 is 42.1 Å². The van der Waals surface area contributed by atoms with Crippen molar-refractivity contribution in [2.75, 3.05) is 97.2 Å². The summed E-state index contributed by atoms with van der Waals surface area (Å²) in [6.45, 7) is 6.07. The number of hydrogen-bond acceptors (Lipinski definition) is 16. The molecule has 1 aliphatic heterocycles. The number of carbonyl (C=O) groups excluding carboxylic acids is 8. The van der Waals surface area contributed by atoms with Crippen LogP contribution in [0, 0.1) is 18.8 Å². The van der Waals surface area contributed by atoms with Gasteiger partial charge in [0.25, 0.3) is 0 Å². The van der Waals surface area contributed by atoms with Gasteiger partial charge >= 0.3 is 19.5 Å². The molecule has 3 unspecified atom stereocenters. The Bertz CT molecular complexity index is 3060. The number of anilines is 1. The molecular weight excluding hydrogens is 1260 g/mol. The molecular formula is C68H97N8O19P. The standard InChI is InChI=1S/C68H97N8O19P/c1-50-23-25-51(26-24-50)15-14-22-59(77)69-37-11-9-19-56(67(85)86)75-66(84)55(29-31-60(78)70-36-10-3-4-21-63(81)74-57(68(87)88)30-32-61(79)71-38-12-13-40-95-96(2,89)90)73-64(82)35-41-91-43-45-93-47-48-94-46-44-92-42-39-72-62(80)33-34-65(83)76-49-54-18-6-5-16-52(54)27-28-53-17-7-8-20-58(53)76/h5-8,16-18,20,23-26,55-57H,3-4,9-15,19,21-22,29-49H2,1-2H3,(H,69,77)(H,70,78)(H,71,79)(H,72,80)(H,73,82)(H,74,81)(H,75,84)(H,85,86)(H,87,88)(H,89,90)/t55?,56?,57-/m0/s1. The Morgan fingerprint density at radius 3 is 1.62 bits per heavy atom. The third kappa shape index (κ3) is 36.1. The SMILES string of the molecule is Cc1ccc(CCCC(=O)NCCCCC(NC(=O)C(CCC(=O)NCCCCCC(=O)N[C@@H](CCC(=O)NCCCCOP(C)(=O)O)C(=O)O)NC(=O)CCOCCOCCOCCOCCNC(=O)CCC(=O)N2Cc3ccccc3C#Cc3ccccc32)C(=O)O)cc1. The van der Waals surface area contributed by atoms with Gasteiger partial charge < -0.3 is 80.7 Å². The average molecular weight is 1360 g/mol. The summed E-state index contributed by atoms with van der Waals surface area (Å²) in [4.78, 5) is 138. The highest BCUT2D eigenvalue weighted by Crippen LogP contribution is 2.36. The first-order chi connectivity index (χ1) is 46.2. The number of rotatable bonds is 51. The molecule has 3 aromatic carbocycles. The molecule has 0 saturated heterocycles. The van der Waals surface area contributed by atoms with E-state index in [1.165, 1.54) is 0 Å². The Kier molecular flexibility index (Phi) is 39.3. The van der Waals surface area contributed by atoms with E-state index in [2.05, 4.69) is 49.1 Å². The van der Waals surface area contributed by atoms with Crippen LogP contribution in [-0.4, -0.2) is 185 Å². The van der Waals surface area contributed by atoms with Gasteiger partial charge in [-0.1, -0.05) is 78.4 Å². The summed E-state index contributed by atoms with van der Waals surface area (Å²) < 4.78 is 38.2. The Balaban J connectivity index is 1.09. The minimum absolute atomic E-state index is 0.0105. The number of carboxylic acids is 2. The lowest BCUT2D eigenvalue weighted by Gasteiger charge is -2.26. The quantitative estimate of drug-likeness (QED) is 0.0211. The molecule has 3 aromatic rings. The zero-order valence-electron chi connectivity index (χ0n) is 55.3. The second-order valence-electron chi connectivity index (χ2n) is 23.0. The number of aryl methyl sites for hydroxylation is 2. The molecule has 96 heavy (non-hydrogen) atoms. The second-order valence-corrected chi connectivity index (χ2v) is 24.9. The molecule has 528 valence electrons. The molecule has 28 heteroatoms. The lowest BCUT2D eigenvalue weighted by atomic mass is 10.0. The van der Waals surface area contributed by atoms with Crippen LogP contribution >= 0.6 is 7.60 Å². The van der Waals surface area contributed by atoms with Crippen molar-refractivity contribution < 1.29 is 91.1 Å². The van der Waals surface area contributed by atoms with E-state index >= 15 is 0 Å². The van der Waals surface area contributed by atoms with Gasteiger partial charge in [-0.15, -0.1) is 0 Å². The molecule has 0 bridgehead atoms. The predicted molar refractivity (Wildman–Crippen MR) is 356 cm³/mol. The maximum atomic E-state index is 13.6. The molecule has 4 rings (SSSR count). The third-order valence-electron chi connectivity index (χ3n) is 15.0. The normalized spacial score (nSPS) is 13.1. The molecule has 0 aliphatic carbocycles. The Morgan fingerprint density at radius 1 is 0.479 bits per heavy atom. The van der Waals surface area contributed by atoms with Crippen molar-refractivity contribution in [3.63, 3.8) is 0 Å². The molecule has 4 atom stereocenters. The summed E-state index contributed by atoms with van der Waals surface area (Å²) in [5, 5.41) is 38.2. The fourth-order valence-corrected chi connectivity index (χ4v) is 10.1. The number of para-hydroxylation sites is 1. The van der Waals surface area contributed by atoms with Crippen LogP contribution in [0.5, 0.6) is 0 Å². The number of carbonyl (C=O) groups is 10. The van der Waals surface area contributed by atoms with Crippen molar-refractivity contribution in [2.24, 2.45) is 0 Å². The fraction of sp³-hybridized carbons (Fsp3) is 0.559. The van der Waals surface area contributed by atoms with Crippen LogP contribution in [0.2, 0.25) is 0 Å². The minimum Gasteiger partial charge on any atom is -0.480 e. The summed E-state index contributed by atoms with van der Waals surface area (Å²) in [6.07, 6.45) is 3.91. The molecule has 0 aromatic heterocycles. The number of nitrogens with one attached hydrogen (secondary N) is 7. The van der Waals surface area contributed by atoms with Crippen LogP contribution in [0.25, 0.3) is 0 Å². The maximum absolute atomic E-state index is 13.6. The number of carboxylic acid groups (broad SMARTS) is 2. The molecule has 0 saturated carbocycles. The summed E-state index contributed by atoms with van der Waals surface area (Å²) in [5.41, 5.74) is 5.51. The average Bonchev–Trinajstić information content (AvgIpc) is 0.814. The van der Waals surface area contributed by atoms with Gasteiger partial charge in [-0.2, -0.15) is 0 Å². The number of unbranched alkanes of at least 4 members (excludes halogenated alkanes) is 4. The van der Waals surface area contributed by atoms with Gasteiger partial charge in [0.2, 0.25) is 47.3 Å². The summed E-state index contributed by atoms with van der Waals surface area (Å²) in [6, 6.07) is 19.3. The Morgan fingerprint density at radius 2 is 0.979 bits per heavy atom. The molecule has 0 fully saturated rings. The van der Waals surface area contributed by atoms with E-state index < -0.39 is 67.2 Å².